The SMILES string of the molecule is CCCCCCC(OC(=O)c1cccc2c1[C]c1ccccc1-2)C(CC)CC. The van der Waals surface area contributed by atoms with E-state index in [0.29, 0.717) is 11.5 Å². The van der Waals surface area contributed by atoms with Crippen molar-refractivity contribution in [2.75, 3.05) is 0 Å². The quantitative estimate of drug-likeness (QED) is 0.279. The lowest BCUT2D eigenvalue weighted by atomic mass is 9.92. The molecule has 0 heterocycles. The Morgan fingerprint density at radius 2 is 1.68 bits per heavy atom. The Morgan fingerprint density at radius 1 is 0.929 bits per heavy atom. The third kappa shape index (κ3) is 4.48. The average Bonchev–Trinajstić information content (AvgIpc) is 3.10. The largest absolute Gasteiger partial charge is 0.458 e. The molecule has 1 aliphatic rings. The first kappa shape index (κ1) is 20.6. The third-order valence-corrected chi connectivity index (χ3v) is 5.94. The molecule has 1 unspecified atom stereocenters. The van der Waals surface area contributed by atoms with Gasteiger partial charge in [0.05, 0.1) is 12.0 Å². The summed E-state index contributed by atoms with van der Waals surface area (Å²) >= 11 is 0. The Labute approximate surface area is 170 Å². The number of ether oxygens (including phenoxy) is 1. The molecule has 0 saturated heterocycles. The molecule has 2 heteroatoms. The Balaban J connectivity index is 1.77. The molecule has 148 valence electrons. The maximum Gasteiger partial charge on any atom is 0.338 e. The van der Waals surface area contributed by atoms with E-state index in [1.165, 1.54) is 19.3 Å². The lowest BCUT2D eigenvalue weighted by Gasteiger charge is -2.26. The van der Waals surface area contributed by atoms with Crippen LogP contribution in [0.5, 0.6) is 0 Å². The van der Waals surface area contributed by atoms with Gasteiger partial charge in [-0.15, -0.1) is 0 Å². The summed E-state index contributed by atoms with van der Waals surface area (Å²) < 4.78 is 6.11. The Kier molecular flexibility index (Phi) is 7.30. The first-order valence-corrected chi connectivity index (χ1v) is 10.9. The van der Waals surface area contributed by atoms with E-state index >= 15 is 0 Å². The van der Waals surface area contributed by atoms with E-state index in [2.05, 4.69) is 39.3 Å². The number of carbonyl (C=O) groups is 1. The van der Waals surface area contributed by atoms with Gasteiger partial charge in [-0.3, -0.25) is 0 Å². The molecule has 1 atom stereocenters. The molecule has 0 spiro atoms. The highest BCUT2D eigenvalue weighted by Gasteiger charge is 2.28. The van der Waals surface area contributed by atoms with Crippen LogP contribution in [0.25, 0.3) is 11.1 Å². The number of esters is 1. The van der Waals surface area contributed by atoms with Crippen molar-refractivity contribution in [1.29, 1.82) is 0 Å². The number of unbranched alkanes of at least 4 members (excludes halogenated alkanes) is 3. The minimum atomic E-state index is -0.204. The highest BCUT2D eigenvalue weighted by molar-refractivity contribution is 5.97. The van der Waals surface area contributed by atoms with Crippen LogP contribution >= 0.6 is 0 Å². The summed E-state index contributed by atoms with van der Waals surface area (Å²) in [6.07, 6.45) is 11.3. The monoisotopic (exact) mass is 376 g/mol. The summed E-state index contributed by atoms with van der Waals surface area (Å²) in [5.41, 5.74) is 4.78. The summed E-state index contributed by atoms with van der Waals surface area (Å²) in [6.45, 7) is 6.61. The van der Waals surface area contributed by atoms with Gasteiger partial charge >= 0.3 is 5.97 Å². The molecule has 2 radical (unpaired) electrons. The van der Waals surface area contributed by atoms with Crippen LogP contribution in [-0.4, -0.2) is 12.1 Å². The molecule has 0 saturated carbocycles. The van der Waals surface area contributed by atoms with E-state index in [1.807, 2.05) is 30.3 Å². The van der Waals surface area contributed by atoms with Gasteiger partial charge in [0, 0.05) is 0 Å². The van der Waals surface area contributed by atoms with Crippen molar-refractivity contribution in [1.82, 2.24) is 0 Å². The van der Waals surface area contributed by atoms with Gasteiger partial charge in [-0.25, -0.2) is 4.79 Å². The van der Waals surface area contributed by atoms with Gasteiger partial charge in [0.2, 0.25) is 0 Å². The maximum atomic E-state index is 13.1. The van der Waals surface area contributed by atoms with E-state index in [-0.39, 0.29) is 12.1 Å². The predicted molar refractivity (Wildman–Crippen MR) is 115 cm³/mol. The van der Waals surface area contributed by atoms with Gasteiger partial charge in [-0.2, -0.15) is 0 Å². The van der Waals surface area contributed by atoms with Crippen LogP contribution in [-0.2, 0) is 4.74 Å². The van der Waals surface area contributed by atoms with Gasteiger partial charge in [0.1, 0.15) is 6.10 Å². The average molecular weight is 377 g/mol. The topological polar surface area (TPSA) is 26.3 Å². The molecule has 2 nitrogen and oxygen atoms in total. The standard InChI is InChI=1S/C26H32O2/c1-4-7-8-9-17-25(19(5-2)6-3)28-26(27)23-16-12-15-22-21-14-11-10-13-20(21)18-24(22)23/h10-16,19,25H,4-9,17H2,1-3H3. The molecular formula is C26H32O2. The zero-order valence-electron chi connectivity index (χ0n) is 17.5. The van der Waals surface area contributed by atoms with Crippen LogP contribution in [0.15, 0.2) is 42.5 Å². The van der Waals surface area contributed by atoms with Crippen molar-refractivity contribution in [2.24, 2.45) is 5.92 Å². The van der Waals surface area contributed by atoms with Crippen molar-refractivity contribution in [3.63, 3.8) is 0 Å². The second kappa shape index (κ2) is 9.91. The number of carbonyl (C=O) groups excluding carboxylic acids is 1. The molecule has 0 fully saturated rings. The van der Waals surface area contributed by atoms with Crippen LogP contribution in [0.4, 0.5) is 0 Å². The van der Waals surface area contributed by atoms with Gasteiger partial charge in [-0.05, 0) is 59.9 Å². The zero-order chi connectivity index (χ0) is 19.9. The predicted octanol–water partition coefficient (Wildman–Crippen LogP) is 7.08. The lowest BCUT2D eigenvalue weighted by molar-refractivity contribution is 0.00883. The van der Waals surface area contributed by atoms with Gasteiger partial charge in [0.15, 0.2) is 0 Å². The summed E-state index contributed by atoms with van der Waals surface area (Å²) in [4.78, 5) is 13.1. The van der Waals surface area contributed by atoms with Crippen LogP contribution in [0.1, 0.15) is 87.2 Å². The molecule has 28 heavy (non-hydrogen) atoms. The van der Waals surface area contributed by atoms with Crippen molar-refractivity contribution < 1.29 is 9.53 Å². The van der Waals surface area contributed by atoms with Crippen LogP contribution in [0.2, 0.25) is 0 Å². The summed E-state index contributed by atoms with van der Waals surface area (Å²) in [5.74, 6) is 0.219. The third-order valence-electron chi connectivity index (χ3n) is 5.94. The zero-order valence-corrected chi connectivity index (χ0v) is 17.5. The fourth-order valence-electron chi connectivity index (χ4n) is 4.22. The summed E-state index contributed by atoms with van der Waals surface area (Å²) in [6, 6.07) is 14.1. The van der Waals surface area contributed by atoms with Crippen molar-refractivity contribution in [2.45, 2.75) is 71.8 Å². The fraction of sp³-hybridized carbons (Fsp3) is 0.462. The van der Waals surface area contributed by atoms with Crippen LogP contribution < -0.4 is 0 Å². The van der Waals surface area contributed by atoms with E-state index in [0.717, 1.165) is 47.9 Å². The highest BCUT2D eigenvalue weighted by atomic mass is 16.5. The highest BCUT2D eigenvalue weighted by Crippen LogP contribution is 2.39. The van der Waals surface area contributed by atoms with Crippen LogP contribution in [0, 0.1) is 12.3 Å². The molecule has 0 N–H and O–H groups in total. The van der Waals surface area contributed by atoms with Crippen molar-refractivity contribution >= 4 is 5.97 Å². The second-order valence-corrected chi connectivity index (χ2v) is 7.77. The second-order valence-electron chi connectivity index (χ2n) is 7.77. The minimum Gasteiger partial charge on any atom is -0.458 e. The smallest absolute Gasteiger partial charge is 0.338 e. The van der Waals surface area contributed by atoms with Gasteiger partial charge < -0.3 is 4.74 Å². The number of hydrogen-bond donors (Lipinski definition) is 0. The minimum absolute atomic E-state index is 0.000935. The van der Waals surface area contributed by atoms with E-state index in [4.69, 9.17) is 4.74 Å². The molecule has 0 bridgehead atoms. The summed E-state index contributed by atoms with van der Waals surface area (Å²) in [5, 5.41) is 0. The van der Waals surface area contributed by atoms with Crippen LogP contribution in [0.3, 0.4) is 0 Å². The Morgan fingerprint density at radius 3 is 2.43 bits per heavy atom. The Hall–Kier alpha value is -2.09. The van der Waals surface area contributed by atoms with Gasteiger partial charge in [0.25, 0.3) is 0 Å². The molecule has 0 aliphatic heterocycles. The lowest BCUT2D eigenvalue weighted by Crippen LogP contribution is -2.27. The normalized spacial score (nSPS) is 13.3. The number of rotatable bonds is 10. The van der Waals surface area contributed by atoms with Gasteiger partial charge in [-0.1, -0.05) is 76.4 Å². The Bertz CT molecular complexity index is 789. The molecule has 0 aromatic heterocycles. The summed E-state index contributed by atoms with van der Waals surface area (Å²) in [7, 11) is 0. The molecule has 2 aromatic carbocycles. The van der Waals surface area contributed by atoms with E-state index < -0.39 is 0 Å². The first-order valence-electron chi connectivity index (χ1n) is 10.9. The molecule has 2 aromatic rings. The number of hydrogen-bond acceptors (Lipinski definition) is 2. The molecule has 3 rings (SSSR count). The number of benzene rings is 2. The van der Waals surface area contributed by atoms with E-state index in [9.17, 15) is 4.79 Å². The molecular weight excluding hydrogens is 344 g/mol. The van der Waals surface area contributed by atoms with Crippen molar-refractivity contribution in [3.05, 3.63) is 65.6 Å². The molecule has 1 aliphatic carbocycles. The maximum absolute atomic E-state index is 13.1. The number of fused-ring (bicyclic) bond motifs is 3. The first-order chi connectivity index (χ1) is 13.7. The molecule has 0 amide bonds. The van der Waals surface area contributed by atoms with Crippen molar-refractivity contribution in [3.8, 4) is 11.1 Å². The fourth-order valence-corrected chi connectivity index (χ4v) is 4.22. The van der Waals surface area contributed by atoms with E-state index in [1.54, 1.807) is 0 Å².